The molecule has 104 valence electrons. The molecule has 0 aliphatic carbocycles. The summed E-state index contributed by atoms with van der Waals surface area (Å²) < 4.78 is 2.17. The fraction of sp³-hybridized carbons (Fsp3) is 0.692. The van der Waals surface area contributed by atoms with E-state index in [9.17, 15) is 4.79 Å². The molecule has 1 unspecified atom stereocenters. The third kappa shape index (κ3) is 2.50. The second-order valence-corrected chi connectivity index (χ2v) is 5.26. The fourth-order valence-corrected chi connectivity index (χ4v) is 2.83. The first-order valence-corrected chi connectivity index (χ1v) is 6.99. The molecule has 0 spiro atoms. The number of imidazole rings is 1. The van der Waals surface area contributed by atoms with Crippen molar-refractivity contribution in [3.05, 3.63) is 18.2 Å². The van der Waals surface area contributed by atoms with Crippen LogP contribution in [0, 0.1) is 0 Å². The number of carbonyl (C=O) groups excluding carboxylic acids is 1. The number of nitrogens with zero attached hydrogens (tertiary/aromatic N) is 4. The van der Waals surface area contributed by atoms with E-state index in [0.29, 0.717) is 0 Å². The largest absolute Gasteiger partial charge is 0.339 e. The van der Waals surface area contributed by atoms with Gasteiger partial charge in [0.15, 0.2) is 0 Å². The number of aromatic nitrogens is 2. The van der Waals surface area contributed by atoms with Gasteiger partial charge in [-0.2, -0.15) is 0 Å². The molecule has 0 saturated carbocycles. The van der Waals surface area contributed by atoms with Gasteiger partial charge in [-0.25, -0.2) is 4.98 Å². The molecule has 0 bridgehead atoms. The third-order valence-electron chi connectivity index (χ3n) is 4.11. The van der Waals surface area contributed by atoms with Crippen LogP contribution in [-0.4, -0.2) is 64.0 Å². The minimum Gasteiger partial charge on any atom is -0.339 e. The fourth-order valence-electron chi connectivity index (χ4n) is 2.83. The van der Waals surface area contributed by atoms with Gasteiger partial charge in [0.05, 0.1) is 12.6 Å². The number of hydrogen-bond acceptors (Lipinski definition) is 4. The molecular weight excluding hydrogens is 242 g/mol. The normalized spacial score (nSPS) is 22.1. The summed E-state index contributed by atoms with van der Waals surface area (Å²) in [5, 5.41) is 3.28. The summed E-state index contributed by atoms with van der Waals surface area (Å²) in [6.07, 6.45) is 3.84. The van der Waals surface area contributed by atoms with Crippen LogP contribution in [0.1, 0.15) is 12.7 Å². The Kier molecular flexibility index (Phi) is 3.52. The number of piperazine rings is 1. The van der Waals surface area contributed by atoms with E-state index in [2.05, 4.69) is 19.8 Å². The highest BCUT2D eigenvalue weighted by atomic mass is 16.2. The van der Waals surface area contributed by atoms with Crippen LogP contribution >= 0.6 is 0 Å². The second kappa shape index (κ2) is 5.30. The van der Waals surface area contributed by atoms with Crippen molar-refractivity contribution in [1.82, 2.24) is 24.7 Å². The first-order valence-electron chi connectivity index (χ1n) is 6.99. The predicted molar refractivity (Wildman–Crippen MR) is 71.5 cm³/mol. The molecule has 0 aromatic carbocycles. The van der Waals surface area contributed by atoms with Crippen LogP contribution in [-0.2, 0) is 17.9 Å². The lowest BCUT2D eigenvalue weighted by Gasteiger charge is -2.36. The van der Waals surface area contributed by atoms with Gasteiger partial charge in [0.2, 0.25) is 5.91 Å². The smallest absolute Gasteiger partial charge is 0.239 e. The van der Waals surface area contributed by atoms with Crippen LogP contribution in [0.5, 0.6) is 0 Å². The second-order valence-electron chi connectivity index (χ2n) is 5.26. The van der Waals surface area contributed by atoms with Crippen molar-refractivity contribution in [3.63, 3.8) is 0 Å². The zero-order valence-corrected chi connectivity index (χ0v) is 11.4. The van der Waals surface area contributed by atoms with Crippen molar-refractivity contribution in [1.29, 1.82) is 0 Å². The van der Waals surface area contributed by atoms with Gasteiger partial charge in [-0.05, 0) is 6.92 Å². The minimum atomic E-state index is -0.0523. The molecule has 2 aliphatic rings. The van der Waals surface area contributed by atoms with Crippen molar-refractivity contribution in [2.45, 2.75) is 26.1 Å². The molecular formula is C13H21N5O. The number of carbonyl (C=O) groups is 1. The summed E-state index contributed by atoms with van der Waals surface area (Å²) in [4.78, 5) is 21.0. The molecule has 1 amide bonds. The van der Waals surface area contributed by atoms with E-state index in [1.807, 2.05) is 24.2 Å². The average molecular weight is 263 g/mol. The van der Waals surface area contributed by atoms with E-state index in [4.69, 9.17) is 0 Å². The molecule has 1 aromatic heterocycles. The highest BCUT2D eigenvalue weighted by Gasteiger charge is 2.29. The van der Waals surface area contributed by atoms with Gasteiger partial charge in [-0.3, -0.25) is 9.69 Å². The minimum absolute atomic E-state index is 0.0523. The Morgan fingerprint density at radius 1 is 1.32 bits per heavy atom. The maximum Gasteiger partial charge on any atom is 0.239 e. The maximum absolute atomic E-state index is 12.5. The van der Waals surface area contributed by atoms with Crippen LogP contribution < -0.4 is 5.32 Å². The third-order valence-corrected chi connectivity index (χ3v) is 4.11. The first kappa shape index (κ1) is 12.6. The van der Waals surface area contributed by atoms with Gasteiger partial charge in [0.25, 0.3) is 0 Å². The first-order chi connectivity index (χ1) is 9.25. The summed E-state index contributed by atoms with van der Waals surface area (Å²) in [6, 6.07) is -0.0523. The van der Waals surface area contributed by atoms with Gasteiger partial charge in [0.1, 0.15) is 5.82 Å². The van der Waals surface area contributed by atoms with Crippen molar-refractivity contribution in [2.24, 2.45) is 0 Å². The summed E-state index contributed by atoms with van der Waals surface area (Å²) >= 11 is 0. The monoisotopic (exact) mass is 263 g/mol. The number of amides is 1. The molecule has 6 nitrogen and oxygen atoms in total. The Bertz CT molecular complexity index is 452. The lowest BCUT2D eigenvalue weighted by atomic mass is 10.2. The topological polar surface area (TPSA) is 53.4 Å². The predicted octanol–water partition coefficient (Wildman–Crippen LogP) is -0.481. The molecule has 3 rings (SSSR count). The molecule has 19 heavy (non-hydrogen) atoms. The van der Waals surface area contributed by atoms with Gasteiger partial charge in [-0.1, -0.05) is 0 Å². The van der Waals surface area contributed by atoms with Crippen LogP contribution in [0.4, 0.5) is 0 Å². The molecule has 1 atom stereocenters. The summed E-state index contributed by atoms with van der Waals surface area (Å²) in [5.41, 5.74) is 0. The van der Waals surface area contributed by atoms with Crippen LogP contribution in [0.25, 0.3) is 0 Å². The SMILES string of the molecule is CC(C(=O)N1CCNCC1)N1CCn2ccnc2C1. The molecule has 1 saturated heterocycles. The van der Waals surface area contributed by atoms with Crippen molar-refractivity contribution >= 4 is 5.91 Å². The number of hydrogen-bond donors (Lipinski definition) is 1. The quantitative estimate of drug-likeness (QED) is 0.783. The molecule has 3 heterocycles. The van der Waals surface area contributed by atoms with Gasteiger partial charge in [-0.15, -0.1) is 0 Å². The molecule has 1 N–H and O–H groups in total. The zero-order chi connectivity index (χ0) is 13.2. The number of nitrogens with one attached hydrogen (secondary N) is 1. The van der Waals surface area contributed by atoms with E-state index in [0.717, 1.165) is 51.6 Å². The summed E-state index contributed by atoms with van der Waals surface area (Å²) in [5.74, 6) is 1.31. The van der Waals surface area contributed by atoms with Gasteiger partial charge >= 0.3 is 0 Å². The highest BCUT2D eigenvalue weighted by Crippen LogP contribution is 2.14. The summed E-state index contributed by atoms with van der Waals surface area (Å²) in [6.45, 7) is 8.09. The van der Waals surface area contributed by atoms with E-state index >= 15 is 0 Å². The standard InChI is InChI=1S/C13H21N5O/c1-11(13(19)17-5-2-14-3-6-17)18-9-8-16-7-4-15-12(16)10-18/h4,7,11,14H,2-3,5-6,8-10H2,1H3. The van der Waals surface area contributed by atoms with Crippen LogP contribution in [0.2, 0.25) is 0 Å². The Hall–Kier alpha value is -1.40. The summed E-state index contributed by atoms with van der Waals surface area (Å²) in [7, 11) is 0. The van der Waals surface area contributed by atoms with E-state index in [1.165, 1.54) is 0 Å². The molecule has 1 fully saturated rings. The average Bonchev–Trinajstić information content (AvgIpc) is 2.94. The maximum atomic E-state index is 12.5. The Balaban J connectivity index is 1.64. The lowest BCUT2D eigenvalue weighted by molar-refractivity contribution is -0.137. The zero-order valence-electron chi connectivity index (χ0n) is 11.4. The molecule has 2 aliphatic heterocycles. The van der Waals surface area contributed by atoms with Crippen molar-refractivity contribution in [3.8, 4) is 0 Å². The van der Waals surface area contributed by atoms with Crippen molar-refractivity contribution in [2.75, 3.05) is 32.7 Å². The Labute approximate surface area is 113 Å². The lowest BCUT2D eigenvalue weighted by Crippen LogP contribution is -2.54. The Morgan fingerprint density at radius 2 is 2.11 bits per heavy atom. The van der Waals surface area contributed by atoms with Crippen LogP contribution in [0.15, 0.2) is 12.4 Å². The highest BCUT2D eigenvalue weighted by molar-refractivity contribution is 5.81. The van der Waals surface area contributed by atoms with E-state index in [-0.39, 0.29) is 11.9 Å². The number of fused-ring (bicyclic) bond motifs is 1. The van der Waals surface area contributed by atoms with Gasteiger partial charge in [0, 0.05) is 51.7 Å². The number of rotatable bonds is 2. The van der Waals surface area contributed by atoms with Crippen molar-refractivity contribution < 1.29 is 4.79 Å². The molecule has 1 aromatic rings. The molecule has 6 heteroatoms. The Morgan fingerprint density at radius 3 is 2.89 bits per heavy atom. The van der Waals surface area contributed by atoms with Gasteiger partial charge < -0.3 is 14.8 Å². The molecule has 0 radical (unpaired) electrons. The van der Waals surface area contributed by atoms with E-state index < -0.39 is 0 Å². The van der Waals surface area contributed by atoms with E-state index in [1.54, 1.807) is 0 Å². The van der Waals surface area contributed by atoms with Crippen LogP contribution in [0.3, 0.4) is 0 Å².